The van der Waals surface area contributed by atoms with Gasteiger partial charge in [0.2, 0.25) is 5.91 Å². The summed E-state index contributed by atoms with van der Waals surface area (Å²) in [5, 5.41) is 4.98. The molecule has 1 heterocycles. The van der Waals surface area contributed by atoms with Gasteiger partial charge in [-0.15, -0.1) is 11.3 Å². The number of nitrogens with zero attached hydrogens (tertiary/aromatic N) is 1. The molecule has 0 spiro atoms. The van der Waals surface area contributed by atoms with E-state index in [0.717, 1.165) is 16.7 Å². The van der Waals surface area contributed by atoms with Crippen LogP contribution >= 0.6 is 11.3 Å². The molecule has 3 aromatic carbocycles. The van der Waals surface area contributed by atoms with Crippen LogP contribution in [0.25, 0.3) is 17.3 Å². The number of aromatic nitrogens is 1. The van der Waals surface area contributed by atoms with Crippen LogP contribution in [-0.2, 0) is 11.4 Å². The molecule has 4 aromatic rings. The van der Waals surface area contributed by atoms with Gasteiger partial charge in [-0.05, 0) is 65.7 Å². The maximum atomic E-state index is 13.2. The second-order valence-electron chi connectivity index (χ2n) is 6.86. The van der Waals surface area contributed by atoms with E-state index in [-0.39, 0.29) is 24.1 Å². The lowest BCUT2D eigenvalue weighted by Gasteiger charge is -2.06. The third-order valence-electron chi connectivity index (χ3n) is 4.48. The number of carbonyl (C=O) groups is 1. The first-order valence-electron chi connectivity index (χ1n) is 9.73. The number of benzene rings is 3. The second kappa shape index (κ2) is 9.98. The number of carbonyl (C=O) groups excluding carboxylic acids is 1. The number of nitrogens with one attached hydrogen (secondary N) is 1. The predicted octanol–water partition coefficient (Wildman–Crippen LogP) is 6.32. The van der Waals surface area contributed by atoms with Crippen LogP contribution in [0.4, 0.5) is 13.9 Å². The smallest absolute Gasteiger partial charge is 0.250 e. The second-order valence-corrected chi connectivity index (χ2v) is 7.71. The van der Waals surface area contributed by atoms with Crippen molar-refractivity contribution < 1.29 is 18.3 Å². The Morgan fingerprint density at radius 1 is 1.00 bits per heavy atom. The lowest BCUT2D eigenvalue weighted by molar-refractivity contribution is -0.111. The van der Waals surface area contributed by atoms with E-state index < -0.39 is 0 Å². The summed E-state index contributed by atoms with van der Waals surface area (Å²) in [5.74, 6) is -0.272. The SMILES string of the molecule is O=C(/C=C/c1ccc(OCc2cccc(F)c2)cc1)Nc1nc(-c2ccc(F)cc2)cs1. The van der Waals surface area contributed by atoms with Gasteiger partial charge >= 0.3 is 0 Å². The first-order chi connectivity index (χ1) is 15.5. The number of anilines is 1. The number of halogens is 2. The Bertz CT molecular complexity index is 1240. The molecule has 160 valence electrons. The zero-order chi connectivity index (χ0) is 22.3. The predicted molar refractivity (Wildman–Crippen MR) is 122 cm³/mol. The van der Waals surface area contributed by atoms with E-state index in [0.29, 0.717) is 16.6 Å². The highest BCUT2D eigenvalue weighted by Crippen LogP contribution is 2.25. The minimum absolute atomic E-state index is 0.267. The normalized spacial score (nSPS) is 10.9. The third-order valence-corrected chi connectivity index (χ3v) is 5.23. The summed E-state index contributed by atoms with van der Waals surface area (Å²) in [6.07, 6.45) is 3.10. The zero-order valence-corrected chi connectivity index (χ0v) is 17.6. The summed E-state index contributed by atoms with van der Waals surface area (Å²) in [5.41, 5.74) is 3.02. The van der Waals surface area contributed by atoms with Crippen molar-refractivity contribution in [2.24, 2.45) is 0 Å². The number of hydrogen-bond acceptors (Lipinski definition) is 4. The standard InChI is InChI=1S/C25H18F2N2O2S/c26-20-9-7-19(8-10-20)23-16-32-25(28-23)29-24(30)13-6-17-4-11-22(12-5-17)31-15-18-2-1-3-21(27)14-18/h1-14,16H,15H2,(H,28,29,30)/b13-6+. The van der Waals surface area contributed by atoms with E-state index >= 15 is 0 Å². The highest BCUT2D eigenvalue weighted by Gasteiger charge is 2.07. The summed E-state index contributed by atoms with van der Waals surface area (Å²) in [6, 6.07) is 19.5. The number of thiazole rings is 1. The van der Waals surface area contributed by atoms with Crippen LogP contribution in [0.2, 0.25) is 0 Å². The average molecular weight is 448 g/mol. The number of hydrogen-bond donors (Lipinski definition) is 1. The third kappa shape index (κ3) is 5.86. The highest BCUT2D eigenvalue weighted by atomic mass is 32.1. The fourth-order valence-corrected chi connectivity index (χ4v) is 3.59. The van der Waals surface area contributed by atoms with Crippen LogP contribution in [-0.4, -0.2) is 10.9 Å². The molecule has 0 unspecified atom stereocenters. The van der Waals surface area contributed by atoms with Gasteiger partial charge in [0.25, 0.3) is 0 Å². The Morgan fingerprint density at radius 3 is 2.53 bits per heavy atom. The van der Waals surface area contributed by atoms with E-state index in [2.05, 4.69) is 10.3 Å². The average Bonchev–Trinajstić information content (AvgIpc) is 3.26. The van der Waals surface area contributed by atoms with Crippen molar-refractivity contribution >= 4 is 28.5 Å². The number of ether oxygens (including phenoxy) is 1. The molecule has 1 amide bonds. The van der Waals surface area contributed by atoms with Crippen molar-refractivity contribution in [3.05, 3.63) is 107 Å². The van der Waals surface area contributed by atoms with Crippen LogP contribution in [0.15, 0.2) is 84.3 Å². The maximum absolute atomic E-state index is 13.2. The lowest BCUT2D eigenvalue weighted by atomic mass is 10.2. The van der Waals surface area contributed by atoms with E-state index in [4.69, 9.17) is 4.74 Å². The molecule has 0 aliphatic rings. The molecule has 0 saturated carbocycles. The van der Waals surface area contributed by atoms with Gasteiger partial charge in [0.05, 0.1) is 5.69 Å². The van der Waals surface area contributed by atoms with E-state index in [1.807, 2.05) is 12.1 Å². The largest absolute Gasteiger partial charge is 0.489 e. The maximum Gasteiger partial charge on any atom is 0.250 e. The summed E-state index contributed by atoms with van der Waals surface area (Å²) >= 11 is 1.29. The highest BCUT2D eigenvalue weighted by molar-refractivity contribution is 7.14. The fourth-order valence-electron chi connectivity index (χ4n) is 2.87. The Hall–Kier alpha value is -3.84. The topological polar surface area (TPSA) is 51.2 Å². The van der Waals surface area contributed by atoms with Gasteiger partial charge in [-0.2, -0.15) is 0 Å². The number of amides is 1. The Kier molecular flexibility index (Phi) is 6.67. The van der Waals surface area contributed by atoms with Crippen LogP contribution in [0.1, 0.15) is 11.1 Å². The Morgan fingerprint density at radius 2 is 1.78 bits per heavy atom. The Balaban J connectivity index is 1.30. The molecule has 4 rings (SSSR count). The Labute approximate surface area is 187 Å². The van der Waals surface area contributed by atoms with Gasteiger partial charge in [-0.25, -0.2) is 13.8 Å². The lowest BCUT2D eigenvalue weighted by Crippen LogP contribution is -2.07. The molecule has 0 radical (unpaired) electrons. The molecule has 0 aliphatic carbocycles. The molecule has 0 fully saturated rings. The minimum atomic E-state index is -0.311. The van der Waals surface area contributed by atoms with Crippen LogP contribution < -0.4 is 10.1 Å². The molecular formula is C25H18F2N2O2S. The van der Waals surface area contributed by atoms with Crippen molar-refractivity contribution in [2.75, 3.05) is 5.32 Å². The zero-order valence-electron chi connectivity index (χ0n) is 16.8. The molecule has 4 nitrogen and oxygen atoms in total. The summed E-state index contributed by atoms with van der Waals surface area (Å²) in [6.45, 7) is 0.267. The molecule has 0 saturated heterocycles. The van der Waals surface area contributed by atoms with Gasteiger partial charge in [-0.1, -0.05) is 24.3 Å². The van der Waals surface area contributed by atoms with Crippen molar-refractivity contribution in [1.82, 2.24) is 4.98 Å². The fraction of sp³-hybridized carbons (Fsp3) is 0.0400. The van der Waals surface area contributed by atoms with Gasteiger partial charge in [0.1, 0.15) is 24.0 Å². The summed E-state index contributed by atoms with van der Waals surface area (Å²) in [4.78, 5) is 16.6. The van der Waals surface area contributed by atoms with Gasteiger partial charge in [-0.3, -0.25) is 10.1 Å². The van der Waals surface area contributed by atoms with Gasteiger partial charge < -0.3 is 4.74 Å². The number of rotatable bonds is 7. The first kappa shape index (κ1) is 21.4. The van der Waals surface area contributed by atoms with Crippen LogP contribution in [0, 0.1) is 11.6 Å². The van der Waals surface area contributed by atoms with Crippen molar-refractivity contribution in [3.63, 3.8) is 0 Å². The molecule has 7 heteroatoms. The molecule has 0 bridgehead atoms. The molecular weight excluding hydrogens is 430 g/mol. The minimum Gasteiger partial charge on any atom is -0.489 e. The van der Waals surface area contributed by atoms with E-state index in [9.17, 15) is 13.6 Å². The molecule has 1 aromatic heterocycles. The summed E-state index contributed by atoms with van der Waals surface area (Å²) < 4.78 is 31.9. The van der Waals surface area contributed by atoms with E-state index in [1.54, 1.807) is 47.9 Å². The van der Waals surface area contributed by atoms with Crippen LogP contribution in [0.3, 0.4) is 0 Å². The van der Waals surface area contributed by atoms with Gasteiger partial charge in [0, 0.05) is 17.0 Å². The molecule has 0 atom stereocenters. The van der Waals surface area contributed by atoms with Crippen molar-refractivity contribution in [2.45, 2.75) is 6.61 Å². The van der Waals surface area contributed by atoms with Crippen molar-refractivity contribution in [3.8, 4) is 17.0 Å². The first-order valence-corrected chi connectivity index (χ1v) is 10.6. The summed E-state index contributed by atoms with van der Waals surface area (Å²) in [7, 11) is 0. The molecule has 32 heavy (non-hydrogen) atoms. The van der Waals surface area contributed by atoms with Crippen LogP contribution in [0.5, 0.6) is 5.75 Å². The van der Waals surface area contributed by atoms with E-state index in [1.165, 1.54) is 41.7 Å². The molecule has 1 N–H and O–H groups in total. The van der Waals surface area contributed by atoms with Gasteiger partial charge in [0.15, 0.2) is 5.13 Å². The quantitative estimate of drug-likeness (QED) is 0.337. The monoisotopic (exact) mass is 448 g/mol. The van der Waals surface area contributed by atoms with Crippen molar-refractivity contribution in [1.29, 1.82) is 0 Å². The molecule has 0 aliphatic heterocycles.